The molecule has 1 aromatic rings. The van der Waals surface area contributed by atoms with Crippen LogP contribution in [0.25, 0.3) is 0 Å². The number of amides is 1. The third kappa shape index (κ3) is 6.25. The molecule has 0 aromatic heterocycles. The summed E-state index contributed by atoms with van der Waals surface area (Å²) in [6.45, 7) is 3.33. The minimum absolute atomic E-state index is 0.0647. The molecule has 6 heteroatoms. The van der Waals surface area contributed by atoms with E-state index in [0.717, 1.165) is 5.56 Å². The number of ether oxygens (including phenoxy) is 1. The quantitative estimate of drug-likeness (QED) is 0.760. The molecule has 1 aromatic carbocycles. The number of carbonyl (C=O) groups excluding carboxylic acids is 1. The largest absolute Gasteiger partial charge is 0.383 e. The van der Waals surface area contributed by atoms with Crippen LogP contribution in [-0.2, 0) is 16.1 Å². The third-order valence-corrected chi connectivity index (χ3v) is 2.97. The fourth-order valence-electron chi connectivity index (χ4n) is 1.51. The van der Waals surface area contributed by atoms with Crippen molar-refractivity contribution in [3.63, 3.8) is 0 Å². The Morgan fingerprint density at radius 2 is 1.95 bits per heavy atom. The number of benzene rings is 1. The van der Waals surface area contributed by atoms with E-state index in [1.54, 1.807) is 20.1 Å². The fraction of sp³-hybridized carbons (Fsp3) is 0.462. The van der Waals surface area contributed by atoms with Gasteiger partial charge in [-0.15, -0.1) is 0 Å². The summed E-state index contributed by atoms with van der Waals surface area (Å²) in [6.07, 6.45) is 0. The van der Waals surface area contributed by atoms with Crippen LogP contribution in [0.15, 0.2) is 18.2 Å². The zero-order chi connectivity index (χ0) is 14.3. The van der Waals surface area contributed by atoms with E-state index in [2.05, 4.69) is 10.6 Å². The normalized spacial score (nSPS) is 12.2. The zero-order valence-electron chi connectivity index (χ0n) is 11.0. The summed E-state index contributed by atoms with van der Waals surface area (Å²) < 4.78 is 4.86. The predicted molar refractivity (Wildman–Crippen MR) is 77.6 cm³/mol. The van der Waals surface area contributed by atoms with Crippen LogP contribution in [0.1, 0.15) is 12.5 Å². The van der Waals surface area contributed by atoms with Gasteiger partial charge < -0.3 is 15.4 Å². The maximum atomic E-state index is 11.7. The average Bonchev–Trinajstić information content (AvgIpc) is 2.35. The topological polar surface area (TPSA) is 50.4 Å². The van der Waals surface area contributed by atoms with Crippen LogP contribution in [-0.4, -0.2) is 32.2 Å². The summed E-state index contributed by atoms with van der Waals surface area (Å²) in [5, 5.41) is 7.04. The Morgan fingerprint density at radius 3 is 2.53 bits per heavy atom. The summed E-state index contributed by atoms with van der Waals surface area (Å²) in [5.74, 6) is -0.0647. The second kappa shape index (κ2) is 8.38. The van der Waals surface area contributed by atoms with E-state index in [0.29, 0.717) is 29.7 Å². The molecule has 0 heterocycles. The molecule has 1 unspecified atom stereocenters. The van der Waals surface area contributed by atoms with Gasteiger partial charge in [0.05, 0.1) is 12.6 Å². The minimum atomic E-state index is -0.297. The van der Waals surface area contributed by atoms with Gasteiger partial charge >= 0.3 is 0 Å². The summed E-state index contributed by atoms with van der Waals surface area (Å²) in [7, 11) is 1.59. The maximum absolute atomic E-state index is 11.7. The molecule has 0 spiro atoms. The van der Waals surface area contributed by atoms with Gasteiger partial charge in [0.1, 0.15) is 0 Å². The highest BCUT2D eigenvalue weighted by Crippen LogP contribution is 2.18. The lowest BCUT2D eigenvalue weighted by Crippen LogP contribution is -2.42. The van der Waals surface area contributed by atoms with Gasteiger partial charge in [0.25, 0.3) is 0 Å². The molecule has 0 aliphatic carbocycles. The third-order valence-electron chi connectivity index (χ3n) is 2.53. The van der Waals surface area contributed by atoms with Crippen LogP contribution in [0.2, 0.25) is 10.0 Å². The summed E-state index contributed by atoms with van der Waals surface area (Å²) in [6, 6.07) is 5.01. The lowest BCUT2D eigenvalue weighted by atomic mass is 10.2. The molecule has 1 rings (SSSR count). The van der Waals surface area contributed by atoms with Crippen LogP contribution >= 0.6 is 23.2 Å². The van der Waals surface area contributed by atoms with Crippen molar-refractivity contribution in [2.45, 2.75) is 19.5 Å². The Labute approximate surface area is 123 Å². The van der Waals surface area contributed by atoms with Crippen molar-refractivity contribution in [2.75, 3.05) is 20.3 Å². The second-order valence-electron chi connectivity index (χ2n) is 4.16. The van der Waals surface area contributed by atoms with Crippen molar-refractivity contribution in [2.24, 2.45) is 0 Å². The number of hydrogen-bond acceptors (Lipinski definition) is 3. The van der Waals surface area contributed by atoms with Crippen molar-refractivity contribution >= 4 is 29.1 Å². The van der Waals surface area contributed by atoms with Gasteiger partial charge in [-0.25, -0.2) is 0 Å². The van der Waals surface area contributed by atoms with Gasteiger partial charge in [-0.3, -0.25) is 4.79 Å². The molecule has 0 aliphatic heterocycles. The smallest absolute Gasteiger partial charge is 0.236 e. The average molecular weight is 305 g/mol. The highest BCUT2D eigenvalue weighted by atomic mass is 35.5. The molecule has 19 heavy (non-hydrogen) atoms. The van der Waals surface area contributed by atoms with E-state index < -0.39 is 0 Å². The SMILES string of the molecule is COCCNC(=O)C(C)NCc1cc(Cl)cc(Cl)c1. The molecule has 0 saturated carbocycles. The number of carbonyl (C=O) groups is 1. The van der Waals surface area contributed by atoms with E-state index in [1.165, 1.54) is 0 Å². The summed E-state index contributed by atoms with van der Waals surface area (Å²) in [5.41, 5.74) is 0.939. The molecule has 106 valence electrons. The van der Waals surface area contributed by atoms with E-state index in [1.807, 2.05) is 12.1 Å². The molecule has 1 atom stereocenters. The molecule has 0 aliphatic rings. The second-order valence-corrected chi connectivity index (χ2v) is 5.04. The lowest BCUT2D eigenvalue weighted by Gasteiger charge is -2.14. The Bertz CT molecular complexity index is 407. The van der Waals surface area contributed by atoms with Gasteiger partial charge in [-0.2, -0.15) is 0 Å². The zero-order valence-corrected chi connectivity index (χ0v) is 12.5. The molecule has 0 fully saturated rings. The molecular weight excluding hydrogens is 287 g/mol. The van der Waals surface area contributed by atoms with Crippen molar-refractivity contribution in [3.05, 3.63) is 33.8 Å². The Balaban J connectivity index is 2.40. The molecule has 0 saturated heterocycles. The van der Waals surface area contributed by atoms with E-state index in [4.69, 9.17) is 27.9 Å². The summed E-state index contributed by atoms with van der Waals surface area (Å²) >= 11 is 11.8. The van der Waals surface area contributed by atoms with E-state index in [9.17, 15) is 4.79 Å². The van der Waals surface area contributed by atoms with Crippen LogP contribution in [0.5, 0.6) is 0 Å². The van der Waals surface area contributed by atoms with Crippen molar-refractivity contribution in [3.8, 4) is 0 Å². The maximum Gasteiger partial charge on any atom is 0.236 e. The van der Waals surface area contributed by atoms with Crippen molar-refractivity contribution in [1.29, 1.82) is 0 Å². The first-order valence-electron chi connectivity index (χ1n) is 5.98. The standard InChI is InChI=1S/C13H18Cl2N2O2/c1-9(13(18)16-3-4-19-2)17-8-10-5-11(14)7-12(15)6-10/h5-7,9,17H,3-4,8H2,1-2H3,(H,16,18). The number of rotatable bonds is 7. The van der Waals surface area contributed by atoms with Crippen molar-refractivity contribution < 1.29 is 9.53 Å². The number of nitrogens with one attached hydrogen (secondary N) is 2. The van der Waals surface area contributed by atoms with E-state index >= 15 is 0 Å². The highest BCUT2D eigenvalue weighted by molar-refractivity contribution is 6.34. The van der Waals surface area contributed by atoms with E-state index in [-0.39, 0.29) is 11.9 Å². The van der Waals surface area contributed by atoms with Gasteiger partial charge in [0.15, 0.2) is 0 Å². The lowest BCUT2D eigenvalue weighted by molar-refractivity contribution is -0.122. The van der Waals surface area contributed by atoms with Crippen LogP contribution < -0.4 is 10.6 Å². The van der Waals surface area contributed by atoms with Crippen LogP contribution in [0.3, 0.4) is 0 Å². The van der Waals surface area contributed by atoms with Gasteiger partial charge in [-0.05, 0) is 30.7 Å². The Kier molecular flexibility index (Phi) is 7.16. The first-order valence-corrected chi connectivity index (χ1v) is 6.73. The van der Waals surface area contributed by atoms with Crippen LogP contribution in [0, 0.1) is 0 Å². The van der Waals surface area contributed by atoms with Crippen LogP contribution in [0.4, 0.5) is 0 Å². The summed E-state index contributed by atoms with van der Waals surface area (Å²) in [4.78, 5) is 11.7. The molecule has 2 N–H and O–H groups in total. The predicted octanol–water partition coefficient (Wildman–Crippen LogP) is 2.23. The number of halogens is 2. The van der Waals surface area contributed by atoms with Gasteiger partial charge in [0, 0.05) is 30.2 Å². The number of hydrogen-bond donors (Lipinski definition) is 2. The fourth-order valence-corrected chi connectivity index (χ4v) is 2.08. The monoisotopic (exact) mass is 304 g/mol. The number of methoxy groups -OCH3 is 1. The Morgan fingerprint density at radius 1 is 1.32 bits per heavy atom. The molecule has 4 nitrogen and oxygen atoms in total. The van der Waals surface area contributed by atoms with Gasteiger partial charge in [0.2, 0.25) is 5.91 Å². The Hall–Kier alpha value is -0.810. The van der Waals surface area contributed by atoms with Gasteiger partial charge in [-0.1, -0.05) is 23.2 Å². The van der Waals surface area contributed by atoms with Crippen molar-refractivity contribution in [1.82, 2.24) is 10.6 Å². The highest BCUT2D eigenvalue weighted by Gasteiger charge is 2.11. The molecular formula is C13H18Cl2N2O2. The minimum Gasteiger partial charge on any atom is -0.383 e. The first-order chi connectivity index (χ1) is 9.02. The molecule has 1 amide bonds. The molecule has 0 radical (unpaired) electrons. The first kappa shape index (κ1) is 16.2. The molecule has 0 bridgehead atoms.